The molecule has 0 radical (unpaired) electrons. The fourth-order valence-electron chi connectivity index (χ4n) is 2.91. The molecule has 0 saturated heterocycles. The molecule has 0 fully saturated rings. The minimum absolute atomic E-state index is 0.0646. The van der Waals surface area contributed by atoms with Gasteiger partial charge in [-0.3, -0.25) is 4.79 Å². The van der Waals surface area contributed by atoms with Crippen molar-refractivity contribution >= 4 is 29.1 Å². The molecule has 0 heterocycles. The van der Waals surface area contributed by atoms with Crippen LogP contribution in [0.3, 0.4) is 0 Å². The van der Waals surface area contributed by atoms with Crippen molar-refractivity contribution in [3.63, 3.8) is 0 Å². The molecule has 5 heteroatoms. The van der Waals surface area contributed by atoms with Crippen LogP contribution in [-0.2, 0) is 14.3 Å². The zero-order valence-electron chi connectivity index (χ0n) is 14.8. The van der Waals surface area contributed by atoms with Crippen LogP contribution in [0.15, 0.2) is 30.0 Å². The summed E-state index contributed by atoms with van der Waals surface area (Å²) in [6, 6.07) is 7.07. The van der Waals surface area contributed by atoms with Crippen molar-refractivity contribution in [1.82, 2.24) is 0 Å². The molecule has 4 nitrogen and oxygen atoms in total. The third-order valence-corrected chi connectivity index (χ3v) is 4.80. The van der Waals surface area contributed by atoms with Crippen LogP contribution in [0.1, 0.15) is 57.9 Å². The minimum atomic E-state index is -0.746. The van der Waals surface area contributed by atoms with Crippen molar-refractivity contribution in [1.29, 1.82) is 0 Å². The van der Waals surface area contributed by atoms with Gasteiger partial charge >= 0.3 is 6.16 Å². The standard InChI is InChI=1S/C20H25ClO4/c1-3-5-8-14(4-2)13-24-20(23)25-18-12-11-17(22)19(18)15-9-6-7-10-16(15)21/h6-7,9-10,14H,3-5,8,11-13H2,1-2H3. The van der Waals surface area contributed by atoms with Crippen molar-refractivity contribution in [2.24, 2.45) is 5.92 Å². The maximum Gasteiger partial charge on any atom is 0.513 e. The summed E-state index contributed by atoms with van der Waals surface area (Å²) in [6.45, 7) is 4.57. The molecule has 0 saturated carbocycles. The van der Waals surface area contributed by atoms with Crippen LogP contribution in [0.25, 0.3) is 5.57 Å². The predicted molar refractivity (Wildman–Crippen MR) is 98.4 cm³/mol. The van der Waals surface area contributed by atoms with Crippen molar-refractivity contribution in [3.05, 3.63) is 40.6 Å². The number of allylic oxidation sites excluding steroid dienone is 2. The molecule has 0 aromatic heterocycles. The van der Waals surface area contributed by atoms with Crippen molar-refractivity contribution in [2.75, 3.05) is 6.61 Å². The maximum atomic E-state index is 12.2. The maximum absolute atomic E-state index is 12.2. The summed E-state index contributed by atoms with van der Waals surface area (Å²) in [5.41, 5.74) is 0.990. The van der Waals surface area contributed by atoms with Gasteiger partial charge in [0.15, 0.2) is 5.78 Å². The number of benzene rings is 1. The summed E-state index contributed by atoms with van der Waals surface area (Å²) in [4.78, 5) is 24.2. The van der Waals surface area contributed by atoms with Crippen LogP contribution < -0.4 is 0 Å². The monoisotopic (exact) mass is 364 g/mol. The molecule has 1 unspecified atom stereocenters. The second-order valence-corrected chi connectivity index (χ2v) is 6.69. The molecule has 1 aromatic carbocycles. The van der Waals surface area contributed by atoms with Gasteiger partial charge in [0.05, 0.1) is 12.2 Å². The summed E-state index contributed by atoms with van der Waals surface area (Å²) >= 11 is 6.18. The number of hydrogen-bond acceptors (Lipinski definition) is 4. The molecular weight excluding hydrogens is 340 g/mol. The Kier molecular flexibility index (Phi) is 7.51. The smallest absolute Gasteiger partial charge is 0.434 e. The summed E-state index contributed by atoms with van der Waals surface area (Å²) in [5, 5.41) is 0.466. The third kappa shape index (κ3) is 5.33. The van der Waals surface area contributed by atoms with Crippen molar-refractivity contribution < 1.29 is 19.1 Å². The van der Waals surface area contributed by atoms with Crippen molar-refractivity contribution in [3.8, 4) is 0 Å². The van der Waals surface area contributed by atoms with Gasteiger partial charge in [-0.2, -0.15) is 0 Å². The quantitative estimate of drug-likeness (QED) is 0.548. The third-order valence-electron chi connectivity index (χ3n) is 4.47. The van der Waals surface area contributed by atoms with E-state index in [0.717, 1.165) is 25.7 Å². The first-order chi connectivity index (χ1) is 12.1. The number of rotatable bonds is 8. The first-order valence-corrected chi connectivity index (χ1v) is 9.30. The molecule has 1 aliphatic rings. The zero-order chi connectivity index (χ0) is 18.2. The lowest BCUT2D eigenvalue weighted by Crippen LogP contribution is -2.15. The number of ether oxygens (including phenoxy) is 2. The summed E-state index contributed by atoms with van der Waals surface area (Å²) < 4.78 is 10.6. The van der Waals surface area contributed by atoms with Crippen LogP contribution in [0.2, 0.25) is 5.02 Å². The summed E-state index contributed by atoms with van der Waals surface area (Å²) in [6.07, 6.45) is 4.19. The Hall–Kier alpha value is -1.81. The molecule has 1 atom stereocenters. The summed E-state index contributed by atoms with van der Waals surface area (Å²) in [5.74, 6) is 0.629. The number of ketones is 1. The highest BCUT2D eigenvalue weighted by Crippen LogP contribution is 2.35. The van der Waals surface area contributed by atoms with Crippen LogP contribution in [-0.4, -0.2) is 18.5 Å². The fourth-order valence-corrected chi connectivity index (χ4v) is 3.14. The van der Waals surface area contributed by atoms with Crippen molar-refractivity contribution in [2.45, 2.75) is 52.4 Å². The van der Waals surface area contributed by atoms with Crippen LogP contribution >= 0.6 is 11.6 Å². The Labute approximate surface area is 154 Å². The molecular formula is C20H25ClO4. The number of carbonyl (C=O) groups is 2. The highest BCUT2D eigenvalue weighted by molar-refractivity contribution is 6.35. The normalized spacial score (nSPS) is 15.4. The van der Waals surface area contributed by atoms with Crippen LogP contribution in [0.5, 0.6) is 0 Å². The fraction of sp³-hybridized carbons (Fsp3) is 0.500. The highest BCUT2D eigenvalue weighted by atomic mass is 35.5. The second kappa shape index (κ2) is 9.62. The van der Waals surface area contributed by atoms with Crippen LogP contribution in [0, 0.1) is 5.92 Å². The number of carbonyl (C=O) groups excluding carboxylic acids is 2. The van der Waals surface area contributed by atoms with Gasteiger partial charge in [-0.15, -0.1) is 0 Å². The molecule has 2 rings (SSSR count). The van der Waals surface area contributed by atoms with E-state index in [1.54, 1.807) is 24.3 Å². The van der Waals surface area contributed by atoms with E-state index < -0.39 is 6.16 Å². The molecule has 0 aliphatic heterocycles. The Bertz CT molecular complexity index is 651. The van der Waals surface area contributed by atoms with E-state index in [9.17, 15) is 9.59 Å². The Morgan fingerprint density at radius 3 is 2.68 bits per heavy atom. The second-order valence-electron chi connectivity index (χ2n) is 6.28. The molecule has 25 heavy (non-hydrogen) atoms. The predicted octanol–water partition coefficient (Wildman–Crippen LogP) is 5.78. The molecule has 0 spiro atoms. The lowest BCUT2D eigenvalue weighted by molar-refractivity contribution is -0.113. The minimum Gasteiger partial charge on any atom is -0.434 e. The van der Waals surface area contributed by atoms with Gasteiger partial charge in [0.2, 0.25) is 0 Å². The number of Topliss-reactive ketones (excluding diaryl/α,β-unsaturated/α-hetero) is 1. The Balaban J connectivity index is 2.03. The van der Waals surface area contributed by atoms with Gasteiger partial charge in [-0.1, -0.05) is 62.9 Å². The van der Waals surface area contributed by atoms with E-state index in [1.807, 2.05) is 0 Å². The van der Waals surface area contributed by atoms with E-state index >= 15 is 0 Å². The first kappa shape index (κ1) is 19.5. The average molecular weight is 365 g/mol. The molecule has 0 bridgehead atoms. The largest absolute Gasteiger partial charge is 0.513 e. The van der Waals surface area contributed by atoms with E-state index in [0.29, 0.717) is 47.3 Å². The number of halogens is 1. The molecule has 136 valence electrons. The number of unbranched alkanes of at least 4 members (excludes halogenated alkanes) is 1. The van der Waals surface area contributed by atoms with E-state index in [1.165, 1.54) is 0 Å². The zero-order valence-corrected chi connectivity index (χ0v) is 15.6. The molecule has 0 N–H and O–H groups in total. The highest BCUT2D eigenvalue weighted by Gasteiger charge is 2.29. The average Bonchev–Trinajstić information content (AvgIpc) is 2.96. The van der Waals surface area contributed by atoms with Gasteiger partial charge in [-0.05, 0) is 18.4 Å². The van der Waals surface area contributed by atoms with E-state index in [4.69, 9.17) is 21.1 Å². The van der Waals surface area contributed by atoms with Crippen LogP contribution in [0.4, 0.5) is 4.79 Å². The van der Waals surface area contributed by atoms with E-state index in [2.05, 4.69) is 13.8 Å². The summed E-state index contributed by atoms with van der Waals surface area (Å²) in [7, 11) is 0. The van der Waals surface area contributed by atoms with Gasteiger partial charge in [-0.25, -0.2) is 4.79 Å². The molecule has 0 amide bonds. The Morgan fingerprint density at radius 2 is 2.00 bits per heavy atom. The lowest BCUT2D eigenvalue weighted by Gasteiger charge is -2.15. The Morgan fingerprint density at radius 1 is 1.24 bits per heavy atom. The number of hydrogen-bond donors (Lipinski definition) is 0. The topological polar surface area (TPSA) is 52.6 Å². The molecule has 1 aliphatic carbocycles. The van der Waals surface area contributed by atoms with E-state index in [-0.39, 0.29) is 5.78 Å². The lowest BCUT2D eigenvalue weighted by atomic mass is 10.0. The van der Waals surface area contributed by atoms with Gasteiger partial charge < -0.3 is 9.47 Å². The molecule has 1 aromatic rings. The van der Waals surface area contributed by atoms with Gasteiger partial charge in [0.25, 0.3) is 0 Å². The van der Waals surface area contributed by atoms with Gasteiger partial charge in [0.1, 0.15) is 5.76 Å². The van der Waals surface area contributed by atoms with Gasteiger partial charge in [0, 0.05) is 23.4 Å². The first-order valence-electron chi connectivity index (χ1n) is 8.92. The SMILES string of the molecule is CCCCC(CC)COC(=O)OC1=C(c2ccccc2Cl)C(=O)CC1.